The van der Waals surface area contributed by atoms with Crippen molar-refractivity contribution in [3.8, 4) is 0 Å². The van der Waals surface area contributed by atoms with Crippen LogP contribution in [0.1, 0.15) is 27.9 Å². The highest BCUT2D eigenvalue weighted by Gasteiger charge is 2.27. The van der Waals surface area contributed by atoms with Gasteiger partial charge in [-0.1, -0.05) is 42.0 Å². The summed E-state index contributed by atoms with van der Waals surface area (Å²) >= 11 is 0. The van der Waals surface area contributed by atoms with E-state index in [1.807, 2.05) is 25.1 Å². The summed E-state index contributed by atoms with van der Waals surface area (Å²) < 4.78 is 27.8. The van der Waals surface area contributed by atoms with Crippen LogP contribution in [0.25, 0.3) is 0 Å². The number of anilines is 2. The fourth-order valence-corrected chi connectivity index (χ4v) is 3.86. The average molecular weight is 435 g/mol. The van der Waals surface area contributed by atoms with E-state index < -0.39 is 23.1 Å². The molecule has 1 heterocycles. The molecule has 0 aromatic heterocycles. The third-order valence-corrected chi connectivity index (χ3v) is 5.37. The van der Waals surface area contributed by atoms with Gasteiger partial charge in [0.05, 0.1) is 0 Å². The molecule has 0 unspecified atom stereocenters. The Morgan fingerprint density at radius 3 is 2.44 bits per heavy atom. The number of hydrogen-bond acceptors (Lipinski definition) is 2. The van der Waals surface area contributed by atoms with Crippen LogP contribution < -0.4 is 10.2 Å². The van der Waals surface area contributed by atoms with Crippen LogP contribution in [0.15, 0.2) is 66.7 Å². The lowest BCUT2D eigenvalue weighted by molar-refractivity contribution is 0.101. The molecule has 1 fully saturated rings. The van der Waals surface area contributed by atoms with Gasteiger partial charge in [-0.05, 0) is 49.2 Å². The maximum Gasteiger partial charge on any atom is 0.324 e. The van der Waals surface area contributed by atoms with Gasteiger partial charge in [-0.2, -0.15) is 0 Å². The lowest BCUT2D eigenvalue weighted by Gasteiger charge is -2.36. The predicted molar refractivity (Wildman–Crippen MR) is 120 cm³/mol. The highest BCUT2D eigenvalue weighted by molar-refractivity contribution is 6.05. The molecule has 0 saturated carbocycles. The van der Waals surface area contributed by atoms with Gasteiger partial charge in [0.1, 0.15) is 17.2 Å². The quantitative estimate of drug-likeness (QED) is 0.587. The Morgan fingerprint density at radius 1 is 0.969 bits per heavy atom. The van der Waals surface area contributed by atoms with Crippen molar-refractivity contribution in [2.24, 2.45) is 0 Å². The molecule has 0 atom stereocenters. The minimum absolute atomic E-state index is 0.124. The first kappa shape index (κ1) is 21.5. The number of nitrogens with one attached hydrogen (secondary N) is 1. The Hall–Kier alpha value is -3.74. The molecule has 7 heteroatoms. The molecule has 1 N–H and O–H groups in total. The lowest BCUT2D eigenvalue weighted by Crippen LogP contribution is -2.49. The molecule has 4 rings (SSSR count). The molecule has 0 aliphatic carbocycles. The van der Waals surface area contributed by atoms with Crippen molar-refractivity contribution < 1.29 is 18.4 Å². The number of rotatable bonds is 5. The molecule has 0 radical (unpaired) electrons. The van der Waals surface area contributed by atoms with E-state index in [0.29, 0.717) is 31.0 Å². The molecule has 32 heavy (non-hydrogen) atoms. The number of carbonyl (C=O) groups excluding carboxylic acids is 2. The number of amides is 3. The van der Waals surface area contributed by atoms with Crippen molar-refractivity contribution in [3.63, 3.8) is 0 Å². The second-order valence-corrected chi connectivity index (χ2v) is 7.80. The SMILES string of the molecule is Cc1cccc(CN2CCCN(c3cccc(NC(=O)c4c(F)cccc4F)c3)C2=O)c1. The zero-order valence-electron chi connectivity index (χ0n) is 17.6. The average Bonchev–Trinajstić information content (AvgIpc) is 2.75. The number of halogens is 2. The normalized spacial score (nSPS) is 13.9. The highest BCUT2D eigenvalue weighted by Crippen LogP contribution is 2.25. The summed E-state index contributed by atoms with van der Waals surface area (Å²) in [6.45, 7) is 3.73. The van der Waals surface area contributed by atoms with E-state index >= 15 is 0 Å². The summed E-state index contributed by atoms with van der Waals surface area (Å²) in [7, 11) is 0. The third kappa shape index (κ3) is 4.61. The van der Waals surface area contributed by atoms with Crippen molar-refractivity contribution in [3.05, 3.63) is 95.1 Å². The van der Waals surface area contributed by atoms with Crippen LogP contribution >= 0.6 is 0 Å². The predicted octanol–water partition coefficient (Wildman–Crippen LogP) is 5.36. The molecule has 164 valence electrons. The molecule has 1 aliphatic heterocycles. The fourth-order valence-electron chi connectivity index (χ4n) is 3.86. The van der Waals surface area contributed by atoms with E-state index in [9.17, 15) is 18.4 Å². The zero-order valence-corrected chi connectivity index (χ0v) is 17.6. The van der Waals surface area contributed by atoms with Crippen molar-refractivity contribution in [1.82, 2.24) is 4.90 Å². The van der Waals surface area contributed by atoms with E-state index in [1.165, 1.54) is 6.07 Å². The smallest absolute Gasteiger partial charge is 0.322 e. The Bertz CT molecular complexity index is 1150. The van der Waals surface area contributed by atoms with Crippen LogP contribution in [0, 0.1) is 18.6 Å². The maximum atomic E-state index is 13.9. The number of aryl methyl sites for hydroxylation is 1. The first-order valence-electron chi connectivity index (χ1n) is 10.4. The van der Waals surface area contributed by atoms with E-state index in [2.05, 4.69) is 11.4 Å². The summed E-state index contributed by atoms with van der Waals surface area (Å²) in [5, 5.41) is 2.52. The Labute approximate surface area is 185 Å². The topological polar surface area (TPSA) is 52.6 Å². The Kier molecular flexibility index (Phi) is 6.16. The van der Waals surface area contributed by atoms with Gasteiger partial charge < -0.3 is 10.2 Å². The summed E-state index contributed by atoms with van der Waals surface area (Å²) in [5.41, 5.74) is 2.51. The van der Waals surface area contributed by atoms with E-state index in [0.717, 1.165) is 29.7 Å². The number of carbonyl (C=O) groups is 2. The first-order chi connectivity index (χ1) is 15.4. The van der Waals surface area contributed by atoms with Crippen LogP contribution in [-0.2, 0) is 6.54 Å². The van der Waals surface area contributed by atoms with Crippen molar-refractivity contribution in [2.75, 3.05) is 23.3 Å². The maximum absolute atomic E-state index is 13.9. The summed E-state index contributed by atoms with van der Waals surface area (Å²) in [4.78, 5) is 29.0. The van der Waals surface area contributed by atoms with E-state index in [4.69, 9.17) is 0 Å². The highest BCUT2D eigenvalue weighted by atomic mass is 19.1. The molecular formula is C25H23F2N3O2. The fraction of sp³-hybridized carbons (Fsp3) is 0.200. The monoisotopic (exact) mass is 435 g/mol. The van der Waals surface area contributed by atoms with Crippen LogP contribution in [0.3, 0.4) is 0 Å². The van der Waals surface area contributed by atoms with E-state index in [1.54, 1.807) is 34.1 Å². The van der Waals surface area contributed by atoms with Crippen molar-refractivity contribution >= 4 is 23.3 Å². The van der Waals surface area contributed by atoms with Gasteiger partial charge in [0.25, 0.3) is 5.91 Å². The summed E-state index contributed by atoms with van der Waals surface area (Å²) in [5.74, 6) is -2.75. The zero-order chi connectivity index (χ0) is 22.7. The van der Waals surface area contributed by atoms with Gasteiger partial charge in [-0.3, -0.25) is 9.69 Å². The molecule has 0 bridgehead atoms. The molecule has 1 aliphatic rings. The van der Waals surface area contributed by atoms with Gasteiger partial charge in [-0.15, -0.1) is 0 Å². The summed E-state index contributed by atoms with van der Waals surface area (Å²) in [6, 6.07) is 17.9. The molecule has 3 aromatic carbocycles. The first-order valence-corrected chi connectivity index (χ1v) is 10.4. The molecule has 3 amide bonds. The molecule has 3 aromatic rings. The number of benzene rings is 3. The third-order valence-electron chi connectivity index (χ3n) is 5.37. The van der Waals surface area contributed by atoms with Gasteiger partial charge in [0.2, 0.25) is 0 Å². The van der Waals surface area contributed by atoms with E-state index in [-0.39, 0.29) is 6.03 Å². The number of nitrogens with zero attached hydrogens (tertiary/aromatic N) is 2. The van der Waals surface area contributed by atoms with Gasteiger partial charge in [-0.25, -0.2) is 13.6 Å². The van der Waals surface area contributed by atoms with Crippen LogP contribution in [0.2, 0.25) is 0 Å². The van der Waals surface area contributed by atoms with Gasteiger partial charge in [0, 0.05) is 31.0 Å². The molecule has 5 nitrogen and oxygen atoms in total. The number of urea groups is 1. The van der Waals surface area contributed by atoms with Gasteiger partial charge in [0.15, 0.2) is 0 Å². The van der Waals surface area contributed by atoms with Crippen LogP contribution in [0.4, 0.5) is 25.0 Å². The second-order valence-electron chi connectivity index (χ2n) is 7.80. The second kappa shape index (κ2) is 9.18. The molecule has 0 spiro atoms. The minimum Gasteiger partial charge on any atom is -0.322 e. The largest absolute Gasteiger partial charge is 0.324 e. The lowest BCUT2D eigenvalue weighted by atomic mass is 10.1. The van der Waals surface area contributed by atoms with Crippen molar-refractivity contribution in [2.45, 2.75) is 19.9 Å². The molecule has 1 saturated heterocycles. The summed E-state index contributed by atoms with van der Waals surface area (Å²) in [6.07, 6.45) is 0.800. The van der Waals surface area contributed by atoms with Crippen LogP contribution in [0.5, 0.6) is 0 Å². The Balaban J connectivity index is 1.51. The standard InChI is InChI=1S/C25H23F2N3O2/c1-17-6-2-7-18(14-17)16-29-12-5-13-30(25(29)32)20-9-3-8-19(15-20)28-24(31)23-21(26)10-4-11-22(23)27/h2-4,6-11,14-15H,5,12-13,16H2,1H3,(H,28,31). The minimum atomic E-state index is -0.934. The van der Waals surface area contributed by atoms with Crippen LogP contribution in [-0.4, -0.2) is 29.9 Å². The van der Waals surface area contributed by atoms with Gasteiger partial charge >= 0.3 is 6.03 Å². The molecular weight excluding hydrogens is 412 g/mol. The van der Waals surface area contributed by atoms with Crippen molar-refractivity contribution in [1.29, 1.82) is 0 Å². The number of hydrogen-bond donors (Lipinski definition) is 1. The Morgan fingerprint density at radius 2 is 1.69 bits per heavy atom.